The maximum Gasteiger partial charge on any atom is 0.272 e. The number of rotatable bonds is 3. The molecule has 0 aliphatic carbocycles. The van der Waals surface area contributed by atoms with E-state index in [4.69, 9.17) is 4.74 Å². The molecule has 1 unspecified atom stereocenters. The number of hydrogen-bond acceptors (Lipinski definition) is 5. The normalized spacial score (nSPS) is 19.9. The second kappa shape index (κ2) is 5.28. The highest BCUT2D eigenvalue weighted by Crippen LogP contribution is 2.26. The molecule has 0 amide bonds. The number of aliphatic hydroxyl groups excluding tert-OH is 1. The van der Waals surface area contributed by atoms with Crippen molar-refractivity contribution in [3.63, 3.8) is 0 Å². The average Bonchev–Trinajstić information content (AvgIpc) is 2.38. The summed E-state index contributed by atoms with van der Waals surface area (Å²) in [4.78, 5) is 11.6. The molecule has 6 nitrogen and oxygen atoms in total. The molecule has 1 aromatic carbocycles. The lowest BCUT2D eigenvalue weighted by molar-refractivity contribution is -0.385. The van der Waals surface area contributed by atoms with Gasteiger partial charge in [0.05, 0.1) is 42.5 Å². The van der Waals surface area contributed by atoms with E-state index >= 15 is 0 Å². The van der Waals surface area contributed by atoms with Crippen LogP contribution in [0.2, 0.25) is 0 Å². The highest BCUT2D eigenvalue weighted by molar-refractivity contribution is 5.53. The summed E-state index contributed by atoms with van der Waals surface area (Å²) >= 11 is 0. The zero-order valence-electron chi connectivity index (χ0n) is 9.58. The van der Waals surface area contributed by atoms with Gasteiger partial charge in [-0.3, -0.25) is 10.1 Å². The first-order valence-electron chi connectivity index (χ1n) is 5.52. The molecular weight excluding hydrogens is 243 g/mol. The highest BCUT2D eigenvalue weighted by atomic mass is 19.1. The summed E-state index contributed by atoms with van der Waals surface area (Å²) in [6, 6.07) is 3.18. The van der Waals surface area contributed by atoms with Crippen LogP contribution >= 0.6 is 0 Å². The van der Waals surface area contributed by atoms with Crippen LogP contribution in [0.3, 0.4) is 0 Å². The molecule has 1 aliphatic rings. The quantitative estimate of drug-likeness (QED) is 0.643. The molecule has 2 rings (SSSR count). The van der Waals surface area contributed by atoms with Crippen molar-refractivity contribution < 1.29 is 19.2 Å². The molecule has 1 N–H and O–H groups in total. The Morgan fingerprint density at radius 2 is 2.39 bits per heavy atom. The molecule has 1 saturated heterocycles. The van der Waals surface area contributed by atoms with Crippen LogP contribution in [0, 0.1) is 15.9 Å². The summed E-state index contributed by atoms with van der Waals surface area (Å²) in [5.74, 6) is -0.662. The standard InChI is InChI=1S/C11H13FN2O4/c12-10-5-8(14(16)17)1-2-11(10)13-3-4-18-7-9(13)6-15/h1-2,5,9,15H,3-4,6-7H2. The monoisotopic (exact) mass is 256 g/mol. The molecule has 0 saturated carbocycles. The first kappa shape index (κ1) is 12.7. The first-order chi connectivity index (χ1) is 8.63. The minimum Gasteiger partial charge on any atom is -0.394 e. The molecular formula is C11H13FN2O4. The third-order valence-electron chi connectivity index (χ3n) is 2.89. The Labute approximate surface area is 103 Å². The van der Waals surface area contributed by atoms with Gasteiger partial charge in [0, 0.05) is 12.6 Å². The molecule has 1 fully saturated rings. The van der Waals surface area contributed by atoms with Crippen LogP contribution in [0.4, 0.5) is 15.8 Å². The number of ether oxygens (including phenoxy) is 1. The number of nitro benzene ring substituents is 1. The molecule has 0 spiro atoms. The third kappa shape index (κ3) is 2.41. The van der Waals surface area contributed by atoms with Gasteiger partial charge in [-0.05, 0) is 6.07 Å². The van der Waals surface area contributed by atoms with Gasteiger partial charge in [-0.1, -0.05) is 0 Å². The van der Waals surface area contributed by atoms with E-state index in [0.717, 1.165) is 6.07 Å². The van der Waals surface area contributed by atoms with Crippen molar-refractivity contribution in [3.05, 3.63) is 34.1 Å². The molecule has 0 aromatic heterocycles. The molecule has 1 aromatic rings. The Bertz CT molecular complexity index is 455. The van der Waals surface area contributed by atoms with E-state index in [-0.39, 0.29) is 24.0 Å². The Kier molecular flexibility index (Phi) is 3.73. The smallest absolute Gasteiger partial charge is 0.272 e. The number of nitrogens with zero attached hydrogens (tertiary/aromatic N) is 2. The Morgan fingerprint density at radius 3 is 3.00 bits per heavy atom. The number of aliphatic hydroxyl groups is 1. The summed E-state index contributed by atoms with van der Waals surface area (Å²) < 4.78 is 19.0. The fourth-order valence-corrected chi connectivity index (χ4v) is 1.97. The fraction of sp³-hybridized carbons (Fsp3) is 0.455. The van der Waals surface area contributed by atoms with E-state index in [2.05, 4.69) is 0 Å². The van der Waals surface area contributed by atoms with Gasteiger partial charge in [0.15, 0.2) is 5.82 Å². The van der Waals surface area contributed by atoms with Crippen molar-refractivity contribution in [2.75, 3.05) is 31.3 Å². The van der Waals surface area contributed by atoms with Crippen LogP contribution in [0.25, 0.3) is 0 Å². The van der Waals surface area contributed by atoms with Crippen molar-refractivity contribution in [2.45, 2.75) is 6.04 Å². The predicted molar refractivity (Wildman–Crippen MR) is 62.1 cm³/mol. The fourth-order valence-electron chi connectivity index (χ4n) is 1.97. The van der Waals surface area contributed by atoms with Crippen LogP contribution < -0.4 is 4.90 Å². The van der Waals surface area contributed by atoms with Gasteiger partial charge in [-0.2, -0.15) is 0 Å². The van der Waals surface area contributed by atoms with Crippen molar-refractivity contribution in [1.29, 1.82) is 0 Å². The van der Waals surface area contributed by atoms with Crippen LogP contribution in [-0.4, -0.2) is 42.4 Å². The van der Waals surface area contributed by atoms with E-state index in [1.807, 2.05) is 0 Å². The van der Waals surface area contributed by atoms with Crippen LogP contribution in [0.15, 0.2) is 18.2 Å². The average molecular weight is 256 g/mol. The summed E-state index contributed by atoms with van der Waals surface area (Å²) in [6.45, 7) is 1.04. The molecule has 7 heteroatoms. The Hall–Kier alpha value is -1.73. The molecule has 1 atom stereocenters. The maximum atomic E-state index is 13.8. The molecule has 0 bridgehead atoms. The molecule has 0 radical (unpaired) electrons. The second-order valence-electron chi connectivity index (χ2n) is 4.00. The largest absolute Gasteiger partial charge is 0.394 e. The summed E-state index contributed by atoms with van der Waals surface area (Å²) in [5, 5.41) is 19.7. The zero-order valence-corrected chi connectivity index (χ0v) is 9.58. The van der Waals surface area contributed by atoms with E-state index in [1.165, 1.54) is 12.1 Å². The predicted octanol–water partition coefficient (Wildman–Crippen LogP) is 0.931. The molecule has 18 heavy (non-hydrogen) atoms. The van der Waals surface area contributed by atoms with Gasteiger partial charge >= 0.3 is 0 Å². The summed E-state index contributed by atoms with van der Waals surface area (Å²) in [7, 11) is 0. The topological polar surface area (TPSA) is 75.8 Å². The van der Waals surface area contributed by atoms with E-state index in [0.29, 0.717) is 19.8 Å². The van der Waals surface area contributed by atoms with Gasteiger partial charge in [0.1, 0.15) is 0 Å². The van der Waals surface area contributed by atoms with E-state index in [1.54, 1.807) is 4.90 Å². The zero-order chi connectivity index (χ0) is 13.1. The molecule has 1 aliphatic heterocycles. The summed E-state index contributed by atoms with van der Waals surface area (Å²) in [6.07, 6.45) is 0. The third-order valence-corrected chi connectivity index (χ3v) is 2.89. The number of benzene rings is 1. The van der Waals surface area contributed by atoms with Gasteiger partial charge in [0.25, 0.3) is 5.69 Å². The lowest BCUT2D eigenvalue weighted by atomic mass is 10.2. The minimum atomic E-state index is -0.662. The maximum absolute atomic E-state index is 13.8. The van der Waals surface area contributed by atoms with Gasteiger partial charge in [-0.15, -0.1) is 0 Å². The number of anilines is 1. The number of nitro groups is 1. The van der Waals surface area contributed by atoms with Crippen LogP contribution in [-0.2, 0) is 4.74 Å². The van der Waals surface area contributed by atoms with Crippen molar-refractivity contribution in [2.24, 2.45) is 0 Å². The number of non-ortho nitro benzene ring substituents is 1. The first-order valence-corrected chi connectivity index (χ1v) is 5.52. The molecule has 1 heterocycles. The summed E-state index contributed by atoms with van der Waals surface area (Å²) in [5.41, 5.74) is -0.0343. The van der Waals surface area contributed by atoms with E-state index in [9.17, 15) is 19.6 Å². The lowest BCUT2D eigenvalue weighted by Gasteiger charge is -2.36. The number of hydrogen-bond donors (Lipinski definition) is 1. The number of halogens is 1. The van der Waals surface area contributed by atoms with Crippen molar-refractivity contribution in [3.8, 4) is 0 Å². The lowest BCUT2D eigenvalue weighted by Crippen LogP contribution is -2.48. The molecule has 98 valence electrons. The van der Waals surface area contributed by atoms with Crippen molar-refractivity contribution in [1.82, 2.24) is 0 Å². The Morgan fingerprint density at radius 1 is 1.61 bits per heavy atom. The van der Waals surface area contributed by atoms with Crippen LogP contribution in [0.1, 0.15) is 0 Å². The van der Waals surface area contributed by atoms with Gasteiger partial charge in [-0.25, -0.2) is 4.39 Å². The SMILES string of the molecule is O=[N+]([O-])c1ccc(N2CCOCC2CO)c(F)c1. The van der Waals surface area contributed by atoms with Crippen molar-refractivity contribution >= 4 is 11.4 Å². The van der Waals surface area contributed by atoms with Gasteiger partial charge in [0.2, 0.25) is 0 Å². The highest BCUT2D eigenvalue weighted by Gasteiger charge is 2.25. The number of morpholine rings is 1. The van der Waals surface area contributed by atoms with Gasteiger partial charge < -0.3 is 14.7 Å². The second-order valence-corrected chi connectivity index (χ2v) is 4.00. The van der Waals surface area contributed by atoms with Crippen LogP contribution in [0.5, 0.6) is 0 Å². The minimum absolute atomic E-state index is 0.156. The Balaban J connectivity index is 2.29. The van der Waals surface area contributed by atoms with E-state index < -0.39 is 10.7 Å².